The van der Waals surface area contributed by atoms with E-state index in [1.807, 2.05) is 53.7 Å². The van der Waals surface area contributed by atoms with Crippen molar-refractivity contribution in [2.24, 2.45) is 22.4 Å². The van der Waals surface area contributed by atoms with Crippen LogP contribution in [0.1, 0.15) is 94.4 Å². The second-order valence-corrected chi connectivity index (χ2v) is 16.5. The molecule has 1 saturated heterocycles. The Bertz CT molecular complexity index is 1830. The largest absolute Gasteiger partial charge is 0.493 e. The number of nitrogens with one attached hydrogen (secondary N) is 3. The molecule has 2 aromatic rings. The van der Waals surface area contributed by atoms with Gasteiger partial charge in [-0.3, -0.25) is 24.0 Å². The van der Waals surface area contributed by atoms with Crippen LogP contribution in [0.25, 0.3) is 0 Å². The van der Waals surface area contributed by atoms with Gasteiger partial charge in [-0.15, -0.1) is 0 Å². The van der Waals surface area contributed by atoms with E-state index in [0.717, 1.165) is 40.8 Å². The number of ether oxygens (including phenoxy) is 1. The Kier molecular flexibility index (Phi) is 10.9. The smallest absolute Gasteiger partial charge is 0.289 e. The van der Waals surface area contributed by atoms with Crippen molar-refractivity contribution in [1.29, 1.82) is 0 Å². The number of oxime groups is 1. The lowest BCUT2D eigenvalue weighted by atomic mass is 9.85. The molecule has 13 heteroatoms. The number of hydrogen-bond acceptors (Lipinski definition) is 8. The van der Waals surface area contributed by atoms with Gasteiger partial charge in [0.25, 0.3) is 5.91 Å². The summed E-state index contributed by atoms with van der Waals surface area (Å²) in [6.45, 7) is 11.9. The number of likely N-dealkylation sites (N-methyl/N-ethyl adjacent to an activating group) is 1. The fourth-order valence-electron chi connectivity index (χ4n) is 7.87. The Hall–Kier alpha value is -4.81. The molecule has 3 fully saturated rings. The molecular weight excluding hydrogens is 693 g/mol. The van der Waals surface area contributed by atoms with Crippen LogP contribution in [0.3, 0.4) is 0 Å². The third-order valence-corrected chi connectivity index (χ3v) is 11.1. The van der Waals surface area contributed by atoms with Crippen LogP contribution in [-0.4, -0.2) is 83.9 Å². The molecule has 2 heterocycles. The van der Waals surface area contributed by atoms with E-state index < -0.39 is 52.6 Å². The molecule has 2 aliphatic carbocycles. The molecule has 3 N–H and O–H groups in total. The van der Waals surface area contributed by atoms with Crippen LogP contribution in [0.5, 0.6) is 5.75 Å². The fourth-order valence-corrected chi connectivity index (χ4v) is 7.87. The molecule has 0 aromatic heterocycles. The van der Waals surface area contributed by atoms with Gasteiger partial charge >= 0.3 is 0 Å². The number of amides is 4. The summed E-state index contributed by atoms with van der Waals surface area (Å²) >= 11 is 0. The minimum Gasteiger partial charge on any atom is -0.493 e. The molecule has 6 atom stereocenters. The number of halogens is 1. The van der Waals surface area contributed by atoms with E-state index in [1.54, 1.807) is 12.1 Å². The standard InChI is InChI=1S/C41H52FN5O7/c1-8-53-34-22(2)15-26(16-23(34)3)31-19-41(54-46-31)20-32(37(50)44-30(17-24-9-10-24)33(48)38(51)43-7)47(21-41)39(52)35(40(4,5)6)45-36(49)29-18-28(29)25-11-13-27(42)14-12-25/h11-16,24,28-30,32,35H,8-10,17-21H2,1-7H3,(H,43,51)(H,44,50)(H,45,49)/t28-,29+,30+,32+,35-,41-/m1/s1. The predicted octanol–water partition coefficient (Wildman–Crippen LogP) is 4.24. The maximum Gasteiger partial charge on any atom is 0.289 e. The van der Waals surface area contributed by atoms with Gasteiger partial charge in [-0.1, -0.05) is 50.9 Å². The molecule has 4 aliphatic rings. The number of rotatable bonds is 13. The summed E-state index contributed by atoms with van der Waals surface area (Å²) in [7, 11) is 1.37. The molecule has 0 bridgehead atoms. The summed E-state index contributed by atoms with van der Waals surface area (Å²) in [5.41, 5.74) is 2.44. The first-order chi connectivity index (χ1) is 25.5. The number of hydrogen-bond donors (Lipinski definition) is 3. The van der Waals surface area contributed by atoms with Crippen molar-refractivity contribution in [3.05, 3.63) is 64.5 Å². The molecule has 12 nitrogen and oxygen atoms in total. The Labute approximate surface area is 316 Å². The van der Waals surface area contributed by atoms with Gasteiger partial charge in [0.2, 0.25) is 23.5 Å². The van der Waals surface area contributed by atoms with E-state index in [4.69, 9.17) is 9.57 Å². The first kappa shape index (κ1) is 38.9. The maximum atomic E-state index is 14.8. The lowest BCUT2D eigenvalue weighted by molar-refractivity contribution is -0.145. The van der Waals surface area contributed by atoms with Gasteiger partial charge in [0.15, 0.2) is 5.60 Å². The summed E-state index contributed by atoms with van der Waals surface area (Å²) in [5, 5.41) is 12.7. The summed E-state index contributed by atoms with van der Waals surface area (Å²) in [6.07, 6.45) is 3.08. The Balaban J connectivity index is 1.26. The van der Waals surface area contributed by atoms with Gasteiger partial charge in [0.1, 0.15) is 23.7 Å². The normalized spacial score (nSPS) is 24.3. The van der Waals surface area contributed by atoms with Gasteiger partial charge in [0.05, 0.1) is 24.9 Å². The van der Waals surface area contributed by atoms with Crippen molar-refractivity contribution in [3.8, 4) is 5.75 Å². The summed E-state index contributed by atoms with van der Waals surface area (Å²) in [5.74, 6) is -2.69. The van der Waals surface area contributed by atoms with Crippen molar-refractivity contribution >= 4 is 35.1 Å². The van der Waals surface area contributed by atoms with Crippen LogP contribution in [0, 0.1) is 36.9 Å². The first-order valence-electron chi connectivity index (χ1n) is 19.0. The highest BCUT2D eigenvalue weighted by Gasteiger charge is 2.56. The molecule has 54 heavy (non-hydrogen) atoms. The quantitative estimate of drug-likeness (QED) is 0.259. The zero-order chi connectivity index (χ0) is 39.1. The lowest BCUT2D eigenvalue weighted by Gasteiger charge is -2.35. The average molecular weight is 746 g/mol. The molecule has 2 aromatic carbocycles. The van der Waals surface area contributed by atoms with E-state index in [-0.39, 0.29) is 42.4 Å². The summed E-state index contributed by atoms with van der Waals surface area (Å²) in [4.78, 5) is 75.9. The SMILES string of the molecule is CCOc1c(C)cc(C2=NO[C@]3(C2)C[C@@H](C(=O)N[C@@H](CC2CC2)C(=O)C(=O)NC)N(C(=O)[C@@H](NC(=O)[C@H]2C[C@@H]2c2ccc(F)cc2)C(C)(C)C)C3)cc1C. The number of ketones is 1. The number of Topliss-reactive ketones (excluding diaryl/α,β-unsaturated/α-hetero) is 1. The van der Waals surface area contributed by atoms with Gasteiger partial charge in [-0.25, -0.2) is 4.39 Å². The summed E-state index contributed by atoms with van der Waals surface area (Å²) < 4.78 is 19.4. The molecule has 0 radical (unpaired) electrons. The van der Waals surface area contributed by atoms with Gasteiger partial charge in [-0.05, 0) is 91.8 Å². The van der Waals surface area contributed by atoms with E-state index in [2.05, 4.69) is 21.1 Å². The van der Waals surface area contributed by atoms with E-state index in [9.17, 15) is 28.4 Å². The summed E-state index contributed by atoms with van der Waals surface area (Å²) in [6, 6.07) is 6.90. The van der Waals surface area contributed by atoms with Crippen LogP contribution in [0.15, 0.2) is 41.6 Å². The number of aryl methyl sites for hydroxylation is 2. The average Bonchev–Trinajstić information content (AvgIpc) is 4.05. The lowest BCUT2D eigenvalue weighted by Crippen LogP contribution is -2.59. The Morgan fingerprint density at radius 2 is 1.70 bits per heavy atom. The minimum absolute atomic E-state index is 0.00663. The molecule has 2 aliphatic heterocycles. The number of nitrogens with zero attached hydrogens (tertiary/aromatic N) is 2. The topological polar surface area (TPSA) is 156 Å². The second kappa shape index (κ2) is 15.1. The van der Waals surface area contributed by atoms with E-state index in [1.165, 1.54) is 24.1 Å². The van der Waals surface area contributed by atoms with E-state index in [0.29, 0.717) is 31.6 Å². The Morgan fingerprint density at radius 3 is 2.30 bits per heavy atom. The van der Waals surface area contributed by atoms with Crippen molar-refractivity contribution in [2.75, 3.05) is 20.2 Å². The predicted molar refractivity (Wildman–Crippen MR) is 199 cm³/mol. The molecule has 4 amide bonds. The highest BCUT2D eigenvalue weighted by atomic mass is 19.1. The minimum atomic E-state index is -1.08. The van der Waals surface area contributed by atoms with Crippen molar-refractivity contribution in [3.63, 3.8) is 0 Å². The third-order valence-electron chi connectivity index (χ3n) is 11.1. The monoisotopic (exact) mass is 745 g/mol. The first-order valence-corrected chi connectivity index (χ1v) is 19.0. The molecule has 6 rings (SSSR count). The van der Waals surface area contributed by atoms with Crippen LogP contribution in [-0.2, 0) is 28.8 Å². The molecule has 1 spiro atoms. The van der Waals surface area contributed by atoms with Crippen molar-refractivity contribution < 1.29 is 37.9 Å². The Morgan fingerprint density at radius 1 is 1.04 bits per heavy atom. The van der Waals surface area contributed by atoms with Gasteiger partial charge in [0, 0.05) is 31.4 Å². The number of carbonyl (C=O) groups excluding carboxylic acids is 5. The number of carbonyl (C=O) groups is 5. The zero-order valence-electron chi connectivity index (χ0n) is 32.2. The molecule has 2 saturated carbocycles. The third kappa shape index (κ3) is 8.29. The van der Waals surface area contributed by atoms with Gasteiger partial charge < -0.3 is 30.4 Å². The highest BCUT2D eigenvalue weighted by molar-refractivity contribution is 6.38. The molecule has 0 unspecified atom stereocenters. The van der Waals surface area contributed by atoms with Gasteiger partial charge in [-0.2, -0.15) is 0 Å². The second-order valence-electron chi connectivity index (χ2n) is 16.5. The molecular formula is C41H52FN5O7. The van der Waals surface area contributed by atoms with Crippen molar-refractivity contribution in [1.82, 2.24) is 20.9 Å². The van der Waals surface area contributed by atoms with Crippen LogP contribution in [0.2, 0.25) is 0 Å². The van der Waals surface area contributed by atoms with Crippen LogP contribution < -0.4 is 20.7 Å². The molecule has 290 valence electrons. The fraction of sp³-hybridized carbons (Fsp3) is 0.561. The van der Waals surface area contributed by atoms with Crippen molar-refractivity contribution in [2.45, 2.75) is 110 Å². The maximum absolute atomic E-state index is 14.8. The highest BCUT2D eigenvalue weighted by Crippen LogP contribution is 2.48. The number of benzene rings is 2. The van der Waals surface area contributed by atoms with E-state index >= 15 is 0 Å². The zero-order valence-corrected chi connectivity index (χ0v) is 32.2. The van der Waals surface area contributed by atoms with Crippen LogP contribution in [0.4, 0.5) is 4.39 Å². The van der Waals surface area contributed by atoms with Crippen LogP contribution >= 0.6 is 0 Å². The number of likely N-dealkylation sites (tertiary alicyclic amines) is 1.